The van der Waals surface area contributed by atoms with Gasteiger partial charge < -0.3 is 15.5 Å². The summed E-state index contributed by atoms with van der Waals surface area (Å²) in [6, 6.07) is 2.62. The molecule has 0 aliphatic rings. The molecule has 2 N–H and O–H groups in total. The maximum absolute atomic E-state index is 14.0. The minimum Gasteiger partial charge on any atom is -0.369 e. The van der Waals surface area contributed by atoms with Crippen LogP contribution in [0.4, 0.5) is 14.5 Å². The van der Waals surface area contributed by atoms with Gasteiger partial charge in [0, 0.05) is 26.2 Å². The van der Waals surface area contributed by atoms with Crippen molar-refractivity contribution >= 4 is 5.69 Å². The van der Waals surface area contributed by atoms with Crippen LogP contribution in [0.1, 0.15) is 12.5 Å². The smallest absolute Gasteiger partial charge is 0.149 e. The molecule has 0 radical (unpaired) electrons. The molecular formula is C14H23F2N3. The highest BCUT2D eigenvalue weighted by atomic mass is 19.1. The summed E-state index contributed by atoms with van der Waals surface area (Å²) in [5.74, 6) is -1.06. The van der Waals surface area contributed by atoms with Crippen LogP contribution in [0.25, 0.3) is 0 Å². The van der Waals surface area contributed by atoms with E-state index in [2.05, 4.69) is 0 Å². The lowest BCUT2D eigenvalue weighted by Gasteiger charge is -2.23. The second-order valence-corrected chi connectivity index (χ2v) is 5.31. The summed E-state index contributed by atoms with van der Waals surface area (Å²) in [5.41, 5.74) is 6.26. The Kier molecular flexibility index (Phi) is 5.69. The zero-order valence-electron chi connectivity index (χ0n) is 12.1. The zero-order valence-corrected chi connectivity index (χ0v) is 12.1. The lowest BCUT2D eigenvalue weighted by molar-refractivity contribution is 0.414. The average molecular weight is 271 g/mol. The largest absolute Gasteiger partial charge is 0.369 e. The van der Waals surface area contributed by atoms with E-state index in [0.717, 1.165) is 6.54 Å². The molecule has 1 aromatic rings. The molecule has 5 heteroatoms. The standard InChI is InChI=1S/C14H23F2N3/c1-10(17)7-11-8-12(15)14(13(16)9-11)19(4)6-5-18(2)3/h8-10H,5-7,17H2,1-4H3. The van der Waals surface area contributed by atoms with Crippen LogP contribution < -0.4 is 10.6 Å². The maximum atomic E-state index is 14.0. The van der Waals surface area contributed by atoms with E-state index in [-0.39, 0.29) is 11.7 Å². The minimum atomic E-state index is -0.531. The van der Waals surface area contributed by atoms with Crippen LogP contribution in [0, 0.1) is 11.6 Å². The van der Waals surface area contributed by atoms with E-state index < -0.39 is 11.6 Å². The van der Waals surface area contributed by atoms with E-state index >= 15 is 0 Å². The fraction of sp³-hybridized carbons (Fsp3) is 0.571. The second kappa shape index (κ2) is 6.82. The first-order chi connectivity index (χ1) is 8.81. The van der Waals surface area contributed by atoms with Crippen molar-refractivity contribution in [2.45, 2.75) is 19.4 Å². The van der Waals surface area contributed by atoms with Gasteiger partial charge in [0.1, 0.15) is 17.3 Å². The highest BCUT2D eigenvalue weighted by molar-refractivity contribution is 5.50. The van der Waals surface area contributed by atoms with Crippen LogP contribution in [0.15, 0.2) is 12.1 Å². The van der Waals surface area contributed by atoms with Gasteiger partial charge in [0.15, 0.2) is 0 Å². The number of hydrogen-bond acceptors (Lipinski definition) is 3. The highest BCUT2D eigenvalue weighted by Gasteiger charge is 2.15. The van der Waals surface area contributed by atoms with Crippen LogP contribution in [-0.2, 0) is 6.42 Å². The second-order valence-electron chi connectivity index (χ2n) is 5.31. The summed E-state index contributed by atoms with van der Waals surface area (Å²) >= 11 is 0. The van der Waals surface area contributed by atoms with Gasteiger partial charge in [0.05, 0.1) is 0 Å². The molecule has 1 unspecified atom stereocenters. The molecule has 0 spiro atoms. The first-order valence-corrected chi connectivity index (χ1v) is 6.40. The summed E-state index contributed by atoms with van der Waals surface area (Å²) in [5, 5.41) is 0. The molecule has 0 aromatic heterocycles. The molecule has 0 saturated heterocycles. The van der Waals surface area contributed by atoms with E-state index in [0.29, 0.717) is 18.5 Å². The summed E-state index contributed by atoms with van der Waals surface area (Å²) in [6.07, 6.45) is 0.468. The van der Waals surface area contributed by atoms with Crippen molar-refractivity contribution < 1.29 is 8.78 Å². The first-order valence-electron chi connectivity index (χ1n) is 6.40. The van der Waals surface area contributed by atoms with E-state index in [4.69, 9.17) is 5.73 Å². The first kappa shape index (κ1) is 15.9. The zero-order chi connectivity index (χ0) is 14.6. The number of halogens is 2. The number of anilines is 1. The Morgan fingerprint density at radius 1 is 1.11 bits per heavy atom. The fourth-order valence-electron chi connectivity index (χ4n) is 1.93. The minimum absolute atomic E-state index is 0.0234. The van der Waals surface area contributed by atoms with Crippen LogP contribution in [0.2, 0.25) is 0 Å². The van der Waals surface area contributed by atoms with Crippen molar-refractivity contribution in [3.63, 3.8) is 0 Å². The van der Waals surface area contributed by atoms with Gasteiger partial charge in [-0.2, -0.15) is 0 Å². The van der Waals surface area contributed by atoms with Gasteiger partial charge in [-0.1, -0.05) is 0 Å². The predicted molar refractivity (Wildman–Crippen MR) is 75.5 cm³/mol. The molecule has 0 amide bonds. The number of hydrogen-bond donors (Lipinski definition) is 1. The van der Waals surface area contributed by atoms with Crippen molar-refractivity contribution in [1.29, 1.82) is 0 Å². The molecule has 0 aliphatic heterocycles. The molecule has 0 bridgehead atoms. The van der Waals surface area contributed by atoms with Crippen LogP contribution >= 0.6 is 0 Å². The van der Waals surface area contributed by atoms with Gasteiger partial charge in [-0.25, -0.2) is 8.78 Å². The summed E-state index contributed by atoms with van der Waals surface area (Å²) < 4.78 is 28.0. The molecule has 1 rings (SSSR count). The van der Waals surface area contributed by atoms with Crippen LogP contribution in [-0.4, -0.2) is 45.2 Å². The molecule has 1 atom stereocenters. The normalized spacial score (nSPS) is 12.8. The molecule has 0 fully saturated rings. The average Bonchev–Trinajstić information content (AvgIpc) is 2.24. The lowest BCUT2D eigenvalue weighted by Crippen LogP contribution is -2.29. The van der Waals surface area contributed by atoms with Crippen LogP contribution in [0.5, 0.6) is 0 Å². The fourth-order valence-corrected chi connectivity index (χ4v) is 1.93. The third kappa shape index (κ3) is 4.76. The summed E-state index contributed by atoms with van der Waals surface area (Å²) in [4.78, 5) is 3.57. The number of nitrogens with two attached hydrogens (primary N) is 1. The number of benzene rings is 1. The molecule has 0 saturated carbocycles. The number of nitrogens with zero attached hydrogens (tertiary/aromatic N) is 2. The molecule has 108 valence electrons. The molecule has 19 heavy (non-hydrogen) atoms. The van der Waals surface area contributed by atoms with Crippen LogP contribution in [0.3, 0.4) is 0 Å². The predicted octanol–water partition coefficient (Wildman–Crippen LogP) is 1.85. The molecule has 1 aromatic carbocycles. The summed E-state index contributed by atoms with van der Waals surface area (Å²) in [7, 11) is 5.54. The van der Waals surface area contributed by atoms with E-state index in [1.165, 1.54) is 12.1 Å². The van der Waals surface area contributed by atoms with Gasteiger partial charge in [0.25, 0.3) is 0 Å². The Morgan fingerprint density at radius 3 is 2.05 bits per heavy atom. The van der Waals surface area contributed by atoms with Crippen molar-refractivity contribution in [3.05, 3.63) is 29.3 Å². The third-order valence-corrected chi connectivity index (χ3v) is 2.90. The van der Waals surface area contributed by atoms with E-state index in [1.54, 1.807) is 11.9 Å². The number of likely N-dealkylation sites (N-methyl/N-ethyl adjacent to an activating group) is 2. The van der Waals surface area contributed by atoms with Crippen molar-refractivity contribution in [2.24, 2.45) is 5.73 Å². The highest BCUT2D eigenvalue weighted by Crippen LogP contribution is 2.24. The van der Waals surface area contributed by atoms with Gasteiger partial charge >= 0.3 is 0 Å². The van der Waals surface area contributed by atoms with Gasteiger partial charge in [-0.3, -0.25) is 0 Å². The molecule has 3 nitrogen and oxygen atoms in total. The SMILES string of the molecule is CC(N)Cc1cc(F)c(N(C)CCN(C)C)c(F)c1. The Hall–Kier alpha value is -1.20. The molecular weight excluding hydrogens is 248 g/mol. The Labute approximate surface area is 114 Å². The van der Waals surface area contributed by atoms with Crippen molar-refractivity contribution in [3.8, 4) is 0 Å². The topological polar surface area (TPSA) is 32.5 Å². The third-order valence-electron chi connectivity index (χ3n) is 2.90. The Morgan fingerprint density at radius 2 is 1.63 bits per heavy atom. The quantitative estimate of drug-likeness (QED) is 0.857. The summed E-state index contributed by atoms with van der Waals surface area (Å²) in [6.45, 7) is 3.11. The van der Waals surface area contributed by atoms with Crippen molar-refractivity contribution in [1.82, 2.24) is 4.90 Å². The van der Waals surface area contributed by atoms with Gasteiger partial charge in [-0.05, 0) is 45.1 Å². The molecule has 0 aliphatic carbocycles. The monoisotopic (exact) mass is 271 g/mol. The number of rotatable bonds is 6. The lowest BCUT2D eigenvalue weighted by atomic mass is 10.1. The Bertz CT molecular complexity index is 396. The van der Waals surface area contributed by atoms with E-state index in [9.17, 15) is 8.78 Å². The van der Waals surface area contributed by atoms with Crippen molar-refractivity contribution in [2.75, 3.05) is 39.1 Å². The molecule has 0 heterocycles. The van der Waals surface area contributed by atoms with E-state index in [1.807, 2.05) is 25.9 Å². The van der Waals surface area contributed by atoms with Gasteiger partial charge in [-0.15, -0.1) is 0 Å². The van der Waals surface area contributed by atoms with Gasteiger partial charge in [0.2, 0.25) is 0 Å². The maximum Gasteiger partial charge on any atom is 0.149 e. The Balaban J connectivity index is 2.90.